The smallest absolute Gasteiger partial charge is 0.148 e. The topological polar surface area (TPSA) is 61.2 Å². The van der Waals surface area contributed by atoms with E-state index in [0.717, 1.165) is 53.9 Å². The van der Waals surface area contributed by atoms with E-state index in [1.807, 2.05) is 13.1 Å². The largest absolute Gasteiger partial charge is 0.373 e. The maximum atomic E-state index is 14.5. The molecule has 2 aromatic heterocycles. The van der Waals surface area contributed by atoms with Crippen LogP contribution < -0.4 is 5.32 Å². The van der Waals surface area contributed by atoms with Crippen molar-refractivity contribution >= 4 is 23.0 Å². The third kappa shape index (κ3) is 5.85. The van der Waals surface area contributed by atoms with E-state index in [2.05, 4.69) is 34.3 Å². The lowest BCUT2D eigenvalue weighted by Crippen LogP contribution is -2.26. The van der Waals surface area contributed by atoms with Crippen molar-refractivity contribution in [1.29, 1.82) is 0 Å². The molecule has 186 valence electrons. The molecule has 1 aromatic carbocycles. The van der Waals surface area contributed by atoms with Gasteiger partial charge in [0.2, 0.25) is 0 Å². The second-order valence-corrected chi connectivity index (χ2v) is 9.96. The highest BCUT2D eigenvalue weighted by Gasteiger charge is 2.29. The number of pyridine rings is 1. The monoisotopic (exact) mass is 498 g/mol. The number of nitrogens with one attached hydrogen (secondary N) is 1. The van der Waals surface area contributed by atoms with Gasteiger partial charge in [-0.2, -0.15) is 5.10 Å². The van der Waals surface area contributed by atoms with Gasteiger partial charge in [0.1, 0.15) is 5.82 Å². The number of nitrogens with zero attached hydrogens (tertiary/aromatic N) is 3. The molecule has 3 aromatic rings. The van der Waals surface area contributed by atoms with Gasteiger partial charge in [0.05, 0.1) is 48.1 Å². The van der Waals surface area contributed by atoms with Gasteiger partial charge in [0.15, 0.2) is 0 Å². The van der Waals surface area contributed by atoms with Crippen LogP contribution >= 0.6 is 11.6 Å². The van der Waals surface area contributed by atoms with Crippen LogP contribution in [0.25, 0.3) is 0 Å². The Morgan fingerprint density at radius 1 is 1.23 bits per heavy atom. The summed E-state index contributed by atoms with van der Waals surface area (Å²) in [4.78, 5) is 4.85. The Morgan fingerprint density at radius 2 is 2.09 bits per heavy atom. The summed E-state index contributed by atoms with van der Waals surface area (Å²) < 4.78 is 28.9. The first-order valence-corrected chi connectivity index (χ1v) is 12.9. The first-order chi connectivity index (χ1) is 17.0. The molecule has 8 heteroatoms. The van der Waals surface area contributed by atoms with E-state index in [0.29, 0.717) is 30.0 Å². The fourth-order valence-electron chi connectivity index (χ4n) is 4.58. The van der Waals surface area contributed by atoms with Gasteiger partial charge in [-0.3, -0.25) is 9.67 Å². The summed E-state index contributed by atoms with van der Waals surface area (Å²) in [5.41, 5.74) is 5.12. The van der Waals surface area contributed by atoms with Crippen LogP contribution in [0.2, 0.25) is 5.02 Å². The van der Waals surface area contributed by atoms with Gasteiger partial charge < -0.3 is 14.8 Å². The molecule has 3 heterocycles. The minimum absolute atomic E-state index is 0.0105. The molecule has 2 atom stereocenters. The van der Waals surface area contributed by atoms with Crippen molar-refractivity contribution in [3.63, 3.8) is 0 Å². The van der Waals surface area contributed by atoms with Crippen molar-refractivity contribution in [2.24, 2.45) is 0 Å². The number of halogens is 2. The van der Waals surface area contributed by atoms with Crippen molar-refractivity contribution in [1.82, 2.24) is 14.8 Å². The zero-order valence-corrected chi connectivity index (χ0v) is 21.0. The van der Waals surface area contributed by atoms with Crippen molar-refractivity contribution in [3.8, 4) is 0 Å². The average Bonchev–Trinajstić information content (AvgIpc) is 3.58. The average molecular weight is 499 g/mol. The normalized spacial score (nSPS) is 20.2. The first kappa shape index (κ1) is 24.2. The van der Waals surface area contributed by atoms with Crippen LogP contribution in [-0.4, -0.2) is 27.5 Å². The minimum atomic E-state index is -0.402. The molecule has 1 aliphatic heterocycles. The van der Waals surface area contributed by atoms with Crippen molar-refractivity contribution in [2.75, 3.05) is 11.9 Å². The van der Waals surface area contributed by atoms with Crippen LogP contribution in [-0.2, 0) is 22.5 Å². The summed E-state index contributed by atoms with van der Waals surface area (Å²) in [6.07, 6.45) is 10.0. The van der Waals surface area contributed by atoms with E-state index in [1.54, 1.807) is 12.1 Å². The lowest BCUT2D eigenvalue weighted by atomic mass is 10.0. The highest BCUT2D eigenvalue weighted by Crippen LogP contribution is 2.36. The highest BCUT2D eigenvalue weighted by molar-refractivity contribution is 6.30. The second-order valence-electron chi connectivity index (χ2n) is 9.53. The summed E-state index contributed by atoms with van der Waals surface area (Å²) >= 11 is 5.93. The maximum Gasteiger partial charge on any atom is 0.148 e. The van der Waals surface area contributed by atoms with Crippen molar-refractivity contribution in [3.05, 3.63) is 70.0 Å². The maximum absolute atomic E-state index is 14.5. The van der Waals surface area contributed by atoms with Crippen LogP contribution in [0.4, 0.5) is 15.8 Å². The van der Waals surface area contributed by atoms with Gasteiger partial charge in [-0.05, 0) is 62.4 Å². The van der Waals surface area contributed by atoms with Crippen LogP contribution in [0.5, 0.6) is 0 Å². The molecule has 0 bridgehead atoms. The summed E-state index contributed by atoms with van der Waals surface area (Å²) in [5.74, 6) is -0.402. The Balaban J connectivity index is 1.30. The molecule has 1 aliphatic carbocycles. The highest BCUT2D eigenvalue weighted by atomic mass is 35.5. The zero-order chi connectivity index (χ0) is 24.4. The van der Waals surface area contributed by atoms with Gasteiger partial charge in [-0.1, -0.05) is 24.9 Å². The summed E-state index contributed by atoms with van der Waals surface area (Å²) in [6, 6.07) is 7.25. The van der Waals surface area contributed by atoms with E-state index in [-0.39, 0.29) is 12.2 Å². The third-order valence-electron chi connectivity index (χ3n) is 6.72. The lowest BCUT2D eigenvalue weighted by Gasteiger charge is -2.29. The van der Waals surface area contributed by atoms with Crippen LogP contribution in [0.3, 0.4) is 0 Å². The Hall–Kier alpha value is -2.48. The first-order valence-electron chi connectivity index (χ1n) is 12.5. The summed E-state index contributed by atoms with van der Waals surface area (Å²) in [5, 5.41) is 8.09. The molecule has 2 fully saturated rings. The van der Waals surface area contributed by atoms with Gasteiger partial charge in [-0.15, -0.1) is 0 Å². The molecule has 1 saturated carbocycles. The lowest BCUT2D eigenvalue weighted by molar-refractivity contribution is -0.0797. The van der Waals surface area contributed by atoms with Gasteiger partial charge >= 0.3 is 0 Å². The number of hydrogen-bond donors (Lipinski definition) is 1. The van der Waals surface area contributed by atoms with Crippen LogP contribution in [0, 0.1) is 12.7 Å². The van der Waals surface area contributed by atoms with Crippen LogP contribution in [0.1, 0.15) is 73.7 Å². The second kappa shape index (κ2) is 10.6. The molecule has 5 rings (SSSR count). The Kier molecular flexibility index (Phi) is 7.37. The number of aryl methyl sites for hydroxylation is 2. The number of anilines is 2. The molecule has 0 spiro atoms. The molecule has 0 amide bonds. The minimum Gasteiger partial charge on any atom is -0.373 e. The van der Waals surface area contributed by atoms with E-state index in [9.17, 15) is 4.39 Å². The zero-order valence-electron chi connectivity index (χ0n) is 20.3. The predicted molar refractivity (Wildman–Crippen MR) is 135 cm³/mol. The van der Waals surface area contributed by atoms with Gasteiger partial charge in [-0.25, -0.2) is 4.39 Å². The number of aromatic nitrogens is 3. The van der Waals surface area contributed by atoms with E-state index >= 15 is 0 Å². The summed E-state index contributed by atoms with van der Waals surface area (Å²) in [6.45, 7) is 5.14. The molecular formula is C27H32ClFN4O2. The number of benzene rings is 1. The molecule has 0 radical (unpaired) electrons. The predicted octanol–water partition coefficient (Wildman–Crippen LogP) is 6.85. The molecule has 35 heavy (non-hydrogen) atoms. The fraction of sp³-hybridized carbons (Fsp3) is 0.481. The molecule has 1 N–H and O–H groups in total. The standard InChI is InChI=1S/C27H32ClFN4O2/c1-3-4-18-11-25(32-24-8-5-20(28)12-23(24)29)26(31-17(18)2)16-35-22-9-10-34-27(13-22)19-14-30-33(15-19)21-6-7-21/h5,8,11-12,14-15,21-22,27,32H,3-4,6-7,9-10,13,16H2,1-2H3/t22-,27+/m0/s1. The Labute approximate surface area is 210 Å². The Morgan fingerprint density at radius 3 is 2.86 bits per heavy atom. The van der Waals surface area contributed by atoms with Gasteiger partial charge in [0.25, 0.3) is 0 Å². The quantitative estimate of drug-likeness (QED) is 0.349. The molecule has 0 unspecified atom stereocenters. The molecule has 2 aliphatic rings. The third-order valence-corrected chi connectivity index (χ3v) is 6.96. The summed E-state index contributed by atoms with van der Waals surface area (Å²) in [7, 11) is 0. The van der Waals surface area contributed by atoms with Crippen LogP contribution in [0.15, 0.2) is 36.7 Å². The number of rotatable bonds is 9. The number of ether oxygens (including phenoxy) is 2. The Bertz CT molecular complexity index is 1180. The molecule has 1 saturated heterocycles. The number of hydrogen-bond acceptors (Lipinski definition) is 5. The molecule has 6 nitrogen and oxygen atoms in total. The SMILES string of the molecule is CCCc1cc(Nc2ccc(Cl)cc2F)c(CO[C@H]2CCO[C@@H](c3cnn(C4CC4)c3)C2)nc1C. The van der Waals surface area contributed by atoms with Crippen molar-refractivity contribution in [2.45, 2.75) is 77.2 Å². The van der Waals surface area contributed by atoms with E-state index in [4.69, 9.17) is 26.1 Å². The van der Waals surface area contributed by atoms with Gasteiger partial charge in [0, 0.05) is 35.5 Å². The van der Waals surface area contributed by atoms with Crippen molar-refractivity contribution < 1.29 is 13.9 Å². The molecular weight excluding hydrogens is 467 g/mol. The van der Waals surface area contributed by atoms with E-state index < -0.39 is 5.82 Å². The fourth-order valence-corrected chi connectivity index (χ4v) is 4.74. The van der Waals surface area contributed by atoms with E-state index in [1.165, 1.54) is 18.9 Å².